The molecule has 0 saturated heterocycles. The summed E-state index contributed by atoms with van der Waals surface area (Å²) >= 11 is 0. The van der Waals surface area contributed by atoms with Crippen LogP contribution in [-0.4, -0.2) is 11.6 Å². The fourth-order valence-electron chi connectivity index (χ4n) is 3.28. The number of carbonyl (C=O) groups is 2. The number of benzene rings is 4. The van der Waals surface area contributed by atoms with Crippen molar-refractivity contribution < 1.29 is 14.3 Å². The third-order valence-electron chi connectivity index (χ3n) is 4.86. The molecule has 4 aromatic carbocycles. The van der Waals surface area contributed by atoms with Crippen molar-refractivity contribution in [2.75, 3.05) is 11.5 Å². The molecule has 5 nitrogen and oxygen atoms in total. The molecule has 0 aliphatic heterocycles. The summed E-state index contributed by atoms with van der Waals surface area (Å²) in [6.07, 6.45) is 0. The molecule has 0 spiro atoms. The molecular formula is C26H20N2O3. The average Bonchev–Trinajstić information content (AvgIpc) is 2.82. The van der Waals surface area contributed by atoms with E-state index in [0.29, 0.717) is 22.4 Å². The number of carbonyl (C=O) groups excluding carboxylic acids is 2. The molecule has 0 aliphatic rings. The van der Waals surface area contributed by atoms with Gasteiger partial charge in [0.2, 0.25) is 0 Å². The maximum Gasteiger partial charge on any atom is 0.197 e. The van der Waals surface area contributed by atoms with Crippen LogP contribution in [0.25, 0.3) is 0 Å². The van der Waals surface area contributed by atoms with Gasteiger partial charge in [-0.1, -0.05) is 72.8 Å². The van der Waals surface area contributed by atoms with Crippen molar-refractivity contribution in [3.05, 3.63) is 119 Å². The van der Waals surface area contributed by atoms with E-state index < -0.39 is 0 Å². The zero-order valence-corrected chi connectivity index (χ0v) is 16.6. The zero-order chi connectivity index (χ0) is 21.8. The van der Waals surface area contributed by atoms with E-state index in [4.69, 9.17) is 16.2 Å². The lowest BCUT2D eigenvalue weighted by molar-refractivity contribution is 0.103. The minimum atomic E-state index is -0.283. The first-order valence-electron chi connectivity index (χ1n) is 9.70. The smallest absolute Gasteiger partial charge is 0.197 e. The van der Waals surface area contributed by atoms with Crippen molar-refractivity contribution in [3.8, 4) is 11.5 Å². The summed E-state index contributed by atoms with van der Waals surface area (Å²) in [5.41, 5.74) is 14.5. The molecule has 0 bridgehead atoms. The van der Waals surface area contributed by atoms with Gasteiger partial charge in [-0.15, -0.1) is 0 Å². The number of ether oxygens (including phenoxy) is 1. The van der Waals surface area contributed by atoms with Gasteiger partial charge in [0, 0.05) is 22.4 Å². The maximum atomic E-state index is 12.9. The molecule has 4 N–H and O–H groups in total. The first kappa shape index (κ1) is 19.9. The van der Waals surface area contributed by atoms with Gasteiger partial charge in [-0.25, -0.2) is 0 Å². The fraction of sp³-hybridized carbons (Fsp3) is 0. The molecule has 4 rings (SSSR count). The third kappa shape index (κ3) is 4.16. The molecule has 4 aromatic rings. The minimum absolute atomic E-state index is 0.115. The van der Waals surface area contributed by atoms with Gasteiger partial charge in [-0.3, -0.25) is 9.59 Å². The fourth-order valence-corrected chi connectivity index (χ4v) is 3.28. The Labute approximate surface area is 179 Å². The van der Waals surface area contributed by atoms with E-state index >= 15 is 0 Å². The third-order valence-corrected chi connectivity index (χ3v) is 4.86. The Morgan fingerprint density at radius 3 is 1.84 bits per heavy atom. The summed E-state index contributed by atoms with van der Waals surface area (Å²) in [6.45, 7) is 0. The summed E-state index contributed by atoms with van der Waals surface area (Å²) < 4.78 is 5.93. The lowest BCUT2D eigenvalue weighted by Gasteiger charge is -2.14. The van der Waals surface area contributed by atoms with Crippen molar-refractivity contribution in [1.82, 2.24) is 0 Å². The summed E-state index contributed by atoms with van der Waals surface area (Å²) in [5.74, 6) is 0.319. The molecule has 0 fully saturated rings. The number of rotatable bonds is 6. The van der Waals surface area contributed by atoms with Crippen LogP contribution in [0.1, 0.15) is 31.8 Å². The van der Waals surface area contributed by atoms with E-state index in [1.54, 1.807) is 72.8 Å². The summed E-state index contributed by atoms with van der Waals surface area (Å²) in [6, 6.07) is 27.8. The van der Waals surface area contributed by atoms with E-state index in [1.165, 1.54) is 0 Å². The molecule has 0 radical (unpaired) electrons. The summed E-state index contributed by atoms with van der Waals surface area (Å²) in [5, 5.41) is 0. The number of ketones is 2. The largest absolute Gasteiger partial charge is 0.455 e. The zero-order valence-electron chi connectivity index (χ0n) is 16.6. The van der Waals surface area contributed by atoms with Gasteiger partial charge in [0.15, 0.2) is 17.3 Å². The van der Waals surface area contributed by atoms with Gasteiger partial charge in [0.1, 0.15) is 5.75 Å². The molecule has 0 unspecified atom stereocenters. The Morgan fingerprint density at radius 2 is 1.19 bits per heavy atom. The van der Waals surface area contributed by atoms with Gasteiger partial charge in [0.05, 0.1) is 11.3 Å². The second-order valence-corrected chi connectivity index (χ2v) is 6.96. The van der Waals surface area contributed by atoms with Crippen molar-refractivity contribution in [2.24, 2.45) is 0 Å². The van der Waals surface area contributed by atoms with Gasteiger partial charge in [-0.2, -0.15) is 0 Å². The van der Waals surface area contributed by atoms with Crippen LogP contribution < -0.4 is 16.2 Å². The summed E-state index contributed by atoms with van der Waals surface area (Å²) in [7, 11) is 0. The highest BCUT2D eigenvalue weighted by atomic mass is 16.5. The Balaban J connectivity index is 1.65. The second kappa shape index (κ2) is 8.55. The molecule has 31 heavy (non-hydrogen) atoms. The van der Waals surface area contributed by atoms with Crippen molar-refractivity contribution >= 4 is 22.9 Å². The van der Waals surface area contributed by atoms with E-state index in [0.717, 1.165) is 0 Å². The lowest BCUT2D eigenvalue weighted by atomic mass is 9.99. The normalized spacial score (nSPS) is 10.5. The highest BCUT2D eigenvalue weighted by Crippen LogP contribution is 2.35. The number of anilines is 2. The number of nitrogens with two attached hydrogens (primary N) is 2. The second-order valence-electron chi connectivity index (χ2n) is 6.96. The highest BCUT2D eigenvalue weighted by Gasteiger charge is 2.19. The van der Waals surface area contributed by atoms with Gasteiger partial charge >= 0.3 is 0 Å². The van der Waals surface area contributed by atoms with E-state index in [1.807, 2.05) is 24.3 Å². The Morgan fingerprint density at radius 1 is 0.613 bits per heavy atom. The topological polar surface area (TPSA) is 95.4 Å². The number of hydrogen-bond donors (Lipinski definition) is 2. The predicted octanol–water partition coefficient (Wildman–Crippen LogP) is 5.11. The lowest BCUT2D eigenvalue weighted by Crippen LogP contribution is -2.10. The van der Waals surface area contributed by atoms with Crippen LogP contribution >= 0.6 is 0 Å². The monoisotopic (exact) mass is 408 g/mol. The predicted molar refractivity (Wildman–Crippen MR) is 122 cm³/mol. The number of nitrogen functional groups attached to an aromatic ring is 2. The maximum absolute atomic E-state index is 12.9. The highest BCUT2D eigenvalue weighted by molar-refractivity contribution is 6.16. The molecule has 0 aromatic heterocycles. The van der Waals surface area contributed by atoms with E-state index in [2.05, 4.69) is 0 Å². The minimum Gasteiger partial charge on any atom is -0.455 e. The van der Waals surface area contributed by atoms with Crippen LogP contribution in [0.4, 0.5) is 11.4 Å². The molecule has 152 valence electrons. The molecule has 0 heterocycles. The molecule has 0 atom stereocenters. The van der Waals surface area contributed by atoms with Crippen molar-refractivity contribution in [2.45, 2.75) is 0 Å². The van der Waals surface area contributed by atoms with Crippen molar-refractivity contribution in [3.63, 3.8) is 0 Å². The molecule has 5 heteroatoms. The van der Waals surface area contributed by atoms with Crippen LogP contribution in [0, 0.1) is 0 Å². The molecule has 0 aliphatic carbocycles. The number of hydrogen-bond acceptors (Lipinski definition) is 5. The van der Waals surface area contributed by atoms with Gasteiger partial charge in [-0.05, 0) is 24.3 Å². The van der Waals surface area contributed by atoms with Crippen LogP contribution in [0.2, 0.25) is 0 Å². The van der Waals surface area contributed by atoms with E-state index in [-0.39, 0.29) is 34.3 Å². The van der Waals surface area contributed by atoms with Crippen LogP contribution in [0.5, 0.6) is 11.5 Å². The van der Waals surface area contributed by atoms with Gasteiger partial charge in [0.25, 0.3) is 0 Å². The Hall–Kier alpha value is -4.38. The van der Waals surface area contributed by atoms with Crippen LogP contribution in [0.15, 0.2) is 97.1 Å². The van der Waals surface area contributed by atoms with Crippen molar-refractivity contribution in [1.29, 1.82) is 0 Å². The Bertz CT molecular complexity index is 1250. The first-order valence-corrected chi connectivity index (χ1v) is 9.70. The first-order chi connectivity index (χ1) is 15.0. The quantitative estimate of drug-likeness (QED) is 0.342. The average molecular weight is 408 g/mol. The standard InChI is InChI=1S/C26H20N2O3/c27-21-14-15-22(24(28)23(21)26(30)18-10-5-2-6-11-18)31-20-13-7-12-19(16-20)25(29)17-8-3-1-4-9-17/h1-16H,27-28H2. The molecule has 0 saturated carbocycles. The van der Waals surface area contributed by atoms with Gasteiger partial charge < -0.3 is 16.2 Å². The van der Waals surface area contributed by atoms with Crippen LogP contribution in [0.3, 0.4) is 0 Å². The van der Waals surface area contributed by atoms with E-state index in [9.17, 15) is 9.59 Å². The molecule has 0 amide bonds. The Kier molecular flexibility index (Phi) is 5.49. The summed E-state index contributed by atoms with van der Waals surface area (Å²) in [4.78, 5) is 25.7. The SMILES string of the molecule is Nc1ccc(Oc2cccc(C(=O)c3ccccc3)c2)c(N)c1C(=O)c1ccccc1. The molecular weight excluding hydrogens is 388 g/mol. The van der Waals surface area contributed by atoms with Crippen LogP contribution in [-0.2, 0) is 0 Å².